The van der Waals surface area contributed by atoms with Crippen molar-refractivity contribution >= 4 is 11.9 Å². The number of hydrogen-bond acceptors (Lipinski definition) is 4. The van der Waals surface area contributed by atoms with E-state index >= 15 is 0 Å². The molecule has 140 valence electrons. The molecule has 1 fully saturated rings. The number of aliphatic carboxylic acids is 1. The molecule has 1 amide bonds. The van der Waals surface area contributed by atoms with Crippen molar-refractivity contribution in [1.29, 1.82) is 0 Å². The van der Waals surface area contributed by atoms with Crippen LogP contribution in [0.25, 0.3) is 0 Å². The molecule has 7 nitrogen and oxygen atoms in total. The lowest BCUT2D eigenvalue weighted by Gasteiger charge is -2.34. The van der Waals surface area contributed by atoms with Gasteiger partial charge in [-0.25, -0.2) is 4.79 Å². The zero-order chi connectivity index (χ0) is 18.9. The highest BCUT2D eigenvalue weighted by molar-refractivity contribution is 5.88. The first-order valence-electron chi connectivity index (χ1n) is 7.74. The van der Waals surface area contributed by atoms with Crippen LogP contribution in [0.3, 0.4) is 0 Å². The second-order valence-electron chi connectivity index (χ2n) is 6.04. The molecule has 0 aromatic carbocycles. The van der Waals surface area contributed by atoms with Gasteiger partial charge in [0.1, 0.15) is 6.54 Å². The molecular weight excluding hydrogens is 343 g/mol. The van der Waals surface area contributed by atoms with Crippen molar-refractivity contribution in [2.75, 3.05) is 19.8 Å². The maximum atomic E-state index is 12.8. The third kappa shape index (κ3) is 4.12. The van der Waals surface area contributed by atoms with Gasteiger partial charge in [0, 0.05) is 17.8 Å². The molecule has 0 aliphatic carbocycles. The van der Waals surface area contributed by atoms with Crippen LogP contribution >= 0.6 is 0 Å². The largest absolute Gasteiger partial charge is 0.480 e. The van der Waals surface area contributed by atoms with Crippen LogP contribution in [-0.4, -0.2) is 63.6 Å². The van der Waals surface area contributed by atoms with Gasteiger partial charge in [0.2, 0.25) is 5.91 Å². The summed E-state index contributed by atoms with van der Waals surface area (Å²) in [5.74, 6) is -2.45. The Morgan fingerprint density at radius 2 is 2.04 bits per heavy atom. The number of amides is 1. The van der Waals surface area contributed by atoms with E-state index in [0.29, 0.717) is 11.3 Å². The van der Waals surface area contributed by atoms with Crippen LogP contribution < -0.4 is 0 Å². The molecule has 1 saturated heterocycles. The van der Waals surface area contributed by atoms with Gasteiger partial charge < -0.3 is 14.7 Å². The van der Waals surface area contributed by atoms with Gasteiger partial charge in [-0.3, -0.25) is 9.48 Å². The number of carboxylic acid groups (broad SMARTS) is 1. The van der Waals surface area contributed by atoms with Gasteiger partial charge >= 0.3 is 12.1 Å². The van der Waals surface area contributed by atoms with E-state index in [9.17, 15) is 27.9 Å². The Labute approximate surface area is 142 Å². The average molecular weight is 363 g/mol. The molecule has 1 aromatic rings. The first-order chi connectivity index (χ1) is 11.5. The second kappa shape index (κ2) is 7.03. The topological polar surface area (TPSA) is 84.7 Å². The fourth-order valence-corrected chi connectivity index (χ4v) is 3.11. The predicted octanol–water partition coefficient (Wildman–Crippen LogP) is 1.48. The molecule has 10 heteroatoms. The van der Waals surface area contributed by atoms with Gasteiger partial charge in [-0.05, 0) is 20.8 Å². The average Bonchev–Trinajstić information content (AvgIpc) is 2.78. The van der Waals surface area contributed by atoms with E-state index in [1.54, 1.807) is 6.92 Å². The van der Waals surface area contributed by atoms with Crippen molar-refractivity contribution in [2.45, 2.75) is 45.5 Å². The predicted molar refractivity (Wildman–Crippen MR) is 80.1 cm³/mol. The minimum atomic E-state index is -4.42. The molecule has 2 unspecified atom stereocenters. The summed E-state index contributed by atoms with van der Waals surface area (Å²) in [6.07, 6.45) is -4.42. The highest BCUT2D eigenvalue weighted by atomic mass is 19.4. The van der Waals surface area contributed by atoms with Crippen LogP contribution in [0, 0.1) is 13.8 Å². The first kappa shape index (κ1) is 19.2. The van der Waals surface area contributed by atoms with Crippen LogP contribution in [0.4, 0.5) is 13.2 Å². The van der Waals surface area contributed by atoms with Gasteiger partial charge in [-0.2, -0.15) is 18.3 Å². The second-order valence-corrected chi connectivity index (χ2v) is 6.04. The number of aromatic nitrogens is 2. The zero-order valence-electron chi connectivity index (χ0n) is 14.1. The number of morpholine rings is 1. The molecule has 0 saturated carbocycles. The fourth-order valence-electron chi connectivity index (χ4n) is 3.11. The Bertz CT molecular complexity index is 672. The van der Waals surface area contributed by atoms with Crippen molar-refractivity contribution in [1.82, 2.24) is 14.7 Å². The molecule has 25 heavy (non-hydrogen) atoms. The van der Waals surface area contributed by atoms with Crippen LogP contribution in [0.5, 0.6) is 0 Å². The minimum Gasteiger partial charge on any atom is -0.480 e. The Kier molecular flexibility index (Phi) is 5.40. The molecule has 1 aliphatic heterocycles. The van der Waals surface area contributed by atoms with Crippen molar-refractivity contribution in [2.24, 2.45) is 0 Å². The van der Waals surface area contributed by atoms with E-state index < -0.39 is 36.6 Å². The van der Waals surface area contributed by atoms with Crippen LogP contribution in [0.15, 0.2) is 0 Å². The third-order valence-corrected chi connectivity index (χ3v) is 4.27. The van der Waals surface area contributed by atoms with Gasteiger partial charge in [-0.1, -0.05) is 0 Å². The summed E-state index contributed by atoms with van der Waals surface area (Å²) in [5.41, 5.74) is 0.962. The summed E-state index contributed by atoms with van der Waals surface area (Å²) >= 11 is 0. The molecule has 2 rings (SSSR count). The molecule has 2 atom stereocenters. The lowest BCUT2D eigenvalue weighted by molar-refractivity contribution is -0.158. The van der Waals surface area contributed by atoms with E-state index in [0.717, 1.165) is 4.68 Å². The summed E-state index contributed by atoms with van der Waals surface area (Å²) in [6.45, 7) is 3.54. The van der Waals surface area contributed by atoms with Crippen LogP contribution in [-0.2, 0) is 20.9 Å². The van der Waals surface area contributed by atoms with Gasteiger partial charge in [-0.15, -0.1) is 0 Å². The lowest BCUT2D eigenvalue weighted by atomic mass is 9.96. The highest BCUT2D eigenvalue weighted by Crippen LogP contribution is 2.28. The smallest absolute Gasteiger partial charge is 0.408 e. The maximum Gasteiger partial charge on any atom is 0.408 e. The summed E-state index contributed by atoms with van der Waals surface area (Å²) in [5, 5.41) is 13.1. The van der Waals surface area contributed by atoms with Crippen LogP contribution in [0.1, 0.15) is 29.8 Å². The number of carboxylic acids is 1. The molecule has 1 N–H and O–H groups in total. The molecule has 1 aliphatic rings. The Morgan fingerprint density at radius 1 is 1.40 bits per heavy atom. The van der Waals surface area contributed by atoms with Crippen LogP contribution in [0.2, 0.25) is 0 Å². The molecule has 2 heterocycles. The normalized spacial score (nSPS) is 19.8. The summed E-state index contributed by atoms with van der Waals surface area (Å²) in [6, 6.07) is -1.10. The maximum absolute atomic E-state index is 12.8. The number of ether oxygens (including phenoxy) is 1. The van der Waals surface area contributed by atoms with E-state index in [1.807, 2.05) is 0 Å². The van der Waals surface area contributed by atoms with E-state index in [-0.39, 0.29) is 25.5 Å². The lowest BCUT2D eigenvalue weighted by Crippen LogP contribution is -2.53. The molecular formula is C15H20F3N3O4. The summed E-state index contributed by atoms with van der Waals surface area (Å²) in [4.78, 5) is 25.3. The standard InChI is InChI=1S/C15H20F3N3O4/c1-8(13(22)20-4-5-25-6-11(20)14(23)24)12-9(2)19-21(10(12)3)7-15(16,17)18/h8,11H,4-7H2,1-3H3,(H,23,24). The number of carbonyl (C=O) groups is 2. The zero-order valence-corrected chi connectivity index (χ0v) is 14.1. The molecule has 0 radical (unpaired) electrons. The Balaban J connectivity index is 2.29. The van der Waals surface area contributed by atoms with Gasteiger partial charge in [0.05, 0.1) is 24.8 Å². The number of halogens is 3. The van der Waals surface area contributed by atoms with Gasteiger partial charge in [0.25, 0.3) is 0 Å². The van der Waals surface area contributed by atoms with Crippen molar-refractivity contribution in [3.8, 4) is 0 Å². The molecule has 0 spiro atoms. The summed E-state index contributed by atoms with van der Waals surface area (Å²) < 4.78 is 43.8. The number of aryl methyl sites for hydroxylation is 1. The number of nitrogens with zero attached hydrogens (tertiary/aromatic N) is 3. The summed E-state index contributed by atoms with van der Waals surface area (Å²) in [7, 11) is 0. The number of hydrogen-bond donors (Lipinski definition) is 1. The minimum absolute atomic E-state index is 0.112. The fraction of sp³-hybridized carbons (Fsp3) is 0.667. The highest BCUT2D eigenvalue weighted by Gasteiger charge is 2.37. The first-order valence-corrected chi connectivity index (χ1v) is 7.74. The van der Waals surface area contributed by atoms with Gasteiger partial charge in [0.15, 0.2) is 6.04 Å². The van der Waals surface area contributed by atoms with Crippen molar-refractivity contribution < 1.29 is 32.6 Å². The molecule has 0 bridgehead atoms. The number of alkyl halides is 3. The van der Waals surface area contributed by atoms with Crippen molar-refractivity contribution in [3.63, 3.8) is 0 Å². The van der Waals surface area contributed by atoms with Crippen molar-refractivity contribution in [3.05, 3.63) is 17.0 Å². The molecule has 1 aromatic heterocycles. The van der Waals surface area contributed by atoms with E-state index in [4.69, 9.17) is 4.74 Å². The quantitative estimate of drug-likeness (QED) is 0.876. The van der Waals surface area contributed by atoms with E-state index in [2.05, 4.69) is 5.10 Å². The monoisotopic (exact) mass is 363 g/mol. The number of rotatable bonds is 4. The third-order valence-electron chi connectivity index (χ3n) is 4.27. The van der Waals surface area contributed by atoms with E-state index in [1.165, 1.54) is 18.7 Å². The number of carbonyl (C=O) groups excluding carboxylic acids is 1. The SMILES string of the molecule is Cc1nn(CC(F)(F)F)c(C)c1C(C)C(=O)N1CCOCC1C(=O)O. The Hall–Kier alpha value is -2.10. The Morgan fingerprint density at radius 3 is 2.60 bits per heavy atom.